The van der Waals surface area contributed by atoms with Crippen LogP contribution in [0.1, 0.15) is 12.0 Å². The van der Waals surface area contributed by atoms with Gasteiger partial charge in [0.1, 0.15) is 5.75 Å². The number of nitrogens with two attached hydrogens (primary N) is 1. The number of rotatable bonds is 0. The smallest absolute Gasteiger partial charge is 0.140 e. The highest BCUT2D eigenvalue weighted by Crippen LogP contribution is 2.34. The minimum atomic E-state index is 0.170. The third-order valence-electron chi connectivity index (χ3n) is 2.23. The summed E-state index contributed by atoms with van der Waals surface area (Å²) in [4.78, 5) is 0. The molecule has 1 aromatic carbocycles. The van der Waals surface area contributed by atoms with Crippen LogP contribution in [0, 0.1) is 0 Å². The van der Waals surface area contributed by atoms with Crippen LogP contribution in [-0.2, 0) is 6.42 Å². The average Bonchev–Trinajstić information content (AvgIpc) is 2.12. The van der Waals surface area contributed by atoms with E-state index in [1.165, 1.54) is 5.56 Å². The van der Waals surface area contributed by atoms with Crippen LogP contribution in [0.2, 0.25) is 0 Å². The molecule has 0 saturated heterocycles. The van der Waals surface area contributed by atoms with Gasteiger partial charge in [0.2, 0.25) is 0 Å². The Bertz CT molecular complexity index is 310. The number of fused-ring (bicyclic) bond motifs is 1. The number of hydrogen-bond donors (Lipinski definition) is 3. The van der Waals surface area contributed by atoms with Crippen LogP contribution in [0.25, 0.3) is 0 Å². The van der Waals surface area contributed by atoms with Gasteiger partial charge in [-0.2, -0.15) is 0 Å². The average molecular weight is 164 g/mol. The van der Waals surface area contributed by atoms with Gasteiger partial charge in [-0.25, -0.2) is 0 Å². The molecule has 1 aliphatic rings. The lowest BCUT2D eigenvalue weighted by molar-refractivity contribution is 0.478. The van der Waals surface area contributed by atoms with Gasteiger partial charge in [0.15, 0.2) is 0 Å². The molecular formula is C9H12N2O. The molecule has 0 bridgehead atoms. The van der Waals surface area contributed by atoms with E-state index in [1.54, 1.807) is 6.07 Å². The van der Waals surface area contributed by atoms with E-state index in [0.717, 1.165) is 25.1 Å². The van der Waals surface area contributed by atoms with Gasteiger partial charge >= 0.3 is 0 Å². The molecule has 1 aliphatic heterocycles. The van der Waals surface area contributed by atoms with Crippen molar-refractivity contribution in [2.75, 3.05) is 17.6 Å². The number of aromatic hydroxyl groups is 1. The van der Waals surface area contributed by atoms with Gasteiger partial charge < -0.3 is 16.2 Å². The SMILES string of the molecule is Nc1c(O)ccc2c1NCCC2. The van der Waals surface area contributed by atoms with Crippen molar-refractivity contribution in [3.8, 4) is 5.75 Å². The molecule has 64 valence electrons. The number of nitrogens with one attached hydrogen (secondary N) is 1. The summed E-state index contributed by atoms with van der Waals surface area (Å²) < 4.78 is 0. The predicted molar refractivity (Wildman–Crippen MR) is 49.3 cm³/mol. The van der Waals surface area contributed by atoms with Crippen LogP contribution in [0.3, 0.4) is 0 Å². The van der Waals surface area contributed by atoms with E-state index in [9.17, 15) is 5.11 Å². The third kappa shape index (κ3) is 0.978. The van der Waals surface area contributed by atoms with Gasteiger partial charge in [-0.05, 0) is 24.5 Å². The Morgan fingerprint density at radius 1 is 1.42 bits per heavy atom. The van der Waals surface area contributed by atoms with E-state index in [1.807, 2.05) is 6.07 Å². The fourth-order valence-corrected chi connectivity index (χ4v) is 1.56. The van der Waals surface area contributed by atoms with E-state index >= 15 is 0 Å². The summed E-state index contributed by atoms with van der Waals surface area (Å²) in [6.45, 7) is 0.945. The highest BCUT2D eigenvalue weighted by atomic mass is 16.3. The molecule has 0 unspecified atom stereocenters. The number of nitrogen functional groups attached to an aromatic ring is 1. The van der Waals surface area contributed by atoms with Crippen molar-refractivity contribution >= 4 is 11.4 Å². The fraction of sp³-hybridized carbons (Fsp3) is 0.333. The Hall–Kier alpha value is -1.38. The van der Waals surface area contributed by atoms with Gasteiger partial charge in [0, 0.05) is 6.54 Å². The Balaban J connectivity index is 2.54. The second kappa shape index (κ2) is 2.59. The number of anilines is 2. The second-order valence-corrected chi connectivity index (χ2v) is 3.06. The number of benzene rings is 1. The van der Waals surface area contributed by atoms with Gasteiger partial charge in [0.05, 0.1) is 11.4 Å². The third-order valence-corrected chi connectivity index (χ3v) is 2.23. The summed E-state index contributed by atoms with van der Waals surface area (Å²) in [5.74, 6) is 0.170. The highest BCUT2D eigenvalue weighted by Gasteiger charge is 2.12. The summed E-state index contributed by atoms with van der Waals surface area (Å²) in [7, 11) is 0. The van der Waals surface area contributed by atoms with E-state index in [0.29, 0.717) is 5.69 Å². The molecule has 12 heavy (non-hydrogen) atoms. The van der Waals surface area contributed by atoms with E-state index in [4.69, 9.17) is 5.73 Å². The maximum absolute atomic E-state index is 9.31. The van der Waals surface area contributed by atoms with Crippen molar-refractivity contribution in [1.82, 2.24) is 0 Å². The van der Waals surface area contributed by atoms with Crippen LogP contribution in [0.4, 0.5) is 11.4 Å². The lowest BCUT2D eigenvalue weighted by Gasteiger charge is -2.19. The van der Waals surface area contributed by atoms with Gasteiger partial charge in [-0.15, -0.1) is 0 Å². The summed E-state index contributed by atoms with van der Waals surface area (Å²) >= 11 is 0. The molecule has 3 nitrogen and oxygen atoms in total. The second-order valence-electron chi connectivity index (χ2n) is 3.06. The number of phenolic OH excluding ortho intramolecular Hbond substituents is 1. The molecule has 0 aromatic heterocycles. The predicted octanol–water partition coefficient (Wildman–Crippen LogP) is 1.33. The molecule has 3 heteroatoms. The molecule has 2 rings (SSSR count). The number of hydrogen-bond acceptors (Lipinski definition) is 3. The Morgan fingerprint density at radius 2 is 2.25 bits per heavy atom. The van der Waals surface area contributed by atoms with Crippen molar-refractivity contribution in [2.24, 2.45) is 0 Å². The zero-order valence-electron chi connectivity index (χ0n) is 6.80. The lowest BCUT2D eigenvalue weighted by Crippen LogP contribution is -2.13. The van der Waals surface area contributed by atoms with Crippen molar-refractivity contribution in [2.45, 2.75) is 12.8 Å². The van der Waals surface area contributed by atoms with Gasteiger partial charge in [0.25, 0.3) is 0 Å². The van der Waals surface area contributed by atoms with Crippen molar-refractivity contribution in [3.63, 3.8) is 0 Å². The number of phenols is 1. The molecule has 1 aromatic rings. The van der Waals surface area contributed by atoms with E-state index < -0.39 is 0 Å². The maximum atomic E-state index is 9.31. The molecule has 1 heterocycles. The Kier molecular flexibility index (Phi) is 1.57. The first kappa shape index (κ1) is 7.28. The minimum Gasteiger partial charge on any atom is -0.506 e. The zero-order chi connectivity index (χ0) is 8.55. The van der Waals surface area contributed by atoms with Crippen LogP contribution in [-0.4, -0.2) is 11.7 Å². The summed E-state index contributed by atoms with van der Waals surface area (Å²) in [5, 5.41) is 12.5. The zero-order valence-corrected chi connectivity index (χ0v) is 6.80. The fourth-order valence-electron chi connectivity index (χ4n) is 1.56. The summed E-state index contributed by atoms with van der Waals surface area (Å²) in [6.07, 6.45) is 2.18. The number of aryl methyl sites for hydroxylation is 1. The molecule has 4 N–H and O–H groups in total. The van der Waals surface area contributed by atoms with E-state index in [2.05, 4.69) is 5.32 Å². The molecule has 0 saturated carbocycles. The standard InChI is InChI=1S/C9H12N2O/c10-8-7(12)4-3-6-2-1-5-11-9(6)8/h3-4,11-12H,1-2,5,10H2. The molecule has 0 atom stereocenters. The van der Waals surface area contributed by atoms with Crippen LogP contribution in [0.15, 0.2) is 12.1 Å². The Morgan fingerprint density at radius 3 is 3.08 bits per heavy atom. The first-order valence-electron chi connectivity index (χ1n) is 4.13. The monoisotopic (exact) mass is 164 g/mol. The quantitative estimate of drug-likeness (QED) is 0.400. The molecule has 0 fully saturated rings. The van der Waals surface area contributed by atoms with Gasteiger partial charge in [-0.3, -0.25) is 0 Å². The first-order valence-corrected chi connectivity index (χ1v) is 4.13. The summed E-state index contributed by atoms with van der Waals surface area (Å²) in [5.41, 5.74) is 8.29. The largest absolute Gasteiger partial charge is 0.506 e. The normalized spacial score (nSPS) is 15.0. The van der Waals surface area contributed by atoms with Crippen molar-refractivity contribution < 1.29 is 5.11 Å². The topological polar surface area (TPSA) is 58.3 Å². The summed E-state index contributed by atoms with van der Waals surface area (Å²) in [6, 6.07) is 3.58. The van der Waals surface area contributed by atoms with E-state index in [-0.39, 0.29) is 5.75 Å². The molecule has 0 aliphatic carbocycles. The highest BCUT2D eigenvalue weighted by molar-refractivity contribution is 5.76. The lowest BCUT2D eigenvalue weighted by atomic mass is 10.0. The van der Waals surface area contributed by atoms with Gasteiger partial charge in [-0.1, -0.05) is 6.07 Å². The molecule has 0 spiro atoms. The van der Waals surface area contributed by atoms with Crippen molar-refractivity contribution in [1.29, 1.82) is 0 Å². The molecule has 0 amide bonds. The first-order chi connectivity index (χ1) is 5.79. The Labute approximate surface area is 71.2 Å². The van der Waals surface area contributed by atoms with Crippen LogP contribution < -0.4 is 11.1 Å². The molecular weight excluding hydrogens is 152 g/mol. The van der Waals surface area contributed by atoms with Crippen molar-refractivity contribution in [3.05, 3.63) is 17.7 Å². The van der Waals surface area contributed by atoms with Crippen LogP contribution >= 0.6 is 0 Å². The maximum Gasteiger partial charge on any atom is 0.140 e. The minimum absolute atomic E-state index is 0.170. The van der Waals surface area contributed by atoms with Crippen LogP contribution in [0.5, 0.6) is 5.75 Å². The molecule has 0 radical (unpaired) electrons.